The van der Waals surface area contributed by atoms with Crippen molar-refractivity contribution in [3.05, 3.63) is 110 Å². The predicted molar refractivity (Wildman–Crippen MR) is 174 cm³/mol. The summed E-state index contributed by atoms with van der Waals surface area (Å²) >= 11 is 29.2. The second-order valence-corrected chi connectivity index (χ2v) is 15.5. The SMILES string of the molecule is Cc1ccccc1P(c1ccccc1C)c1ccccc1C.[CH2-]C(Cl)Cl.[CH2-]C(Cl)Cl.[CH2-]C(Cl)Cl.[Cl][Ru][Cl].[Ru]. The topological polar surface area (TPSA) is 0 Å². The fraction of sp³-hybridized carbons (Fsp3) is 0.222. The van der Waals surface area contributed by atoms with Gasteiger partial charge in [-0.3, -0.25) is 0 Å². The predicted octanol–water partition coefficient (Wildman–Crippen LogP) is 10.6. The molecule has 0 heterocycles. The second kappa shape index (κ2) is 27.5. The zero-order valence-electron chi connectivity index (χ0n) is 21.0. The third-order valence-corrected chi connectivity index (χ3v) is 7.02. The molecule has 0 saturated carbocycles. The Morgan fingerprint density at radius 2 is 0.684 bits per heavy atom. The molecule has 0 aliphatic heterocycles. The van der Waals surface area contributed by atoms with Gasteiger partial charge in [-0.15, -0.1) is 69.6 Å². The molecule has 0 aromatic heterocycles. The third-order valence-electron chi connectivity index (χ3n) is 4.07. The van der Waals surface area contributed by atoms with Crippen LogP contribution in [0, 0.1) is 41.5 Å². The number of rotatable bonds is 3. The normalized spacial score (nSPS) is 9.74. The van der Waals surface area contributed by atoms with Crippen LogP contribution < -0.4 is 15.9 Å². The standard InChI is InChI=1S/C21H21P.3C2H3Cl2.2ClH.2Ru/c1-16-10-4-7-13-19(16)22(20-14-8-5-11-17(20)2)21-15-9-6-12-18(21)3;3*1-2(3)4;;;;/h4-15H,1-3H3;3*2H,1H2;2*1H;;/q;3*-1;;;;+2/p-2. The van der Waals surface area contributed by atoms with Crippen LogP contribution in [0.1, 0.15) is 16.7 Å². The van der Waals surface area contributed by atoms with E-state index in [4.69, 9.17) is 89.0 Å². The average molecular weight is 871 g/mol. The largest absolute Gasteiger partial charge is 0 e. The molecule has 3 aromatic carbocycles. The Bertz CT molecular complexity index is 844. The summed E-state index contributed by atoms with van der Waals surface area (Å²) in [5.41, 5.74) is 4.13. The van der Waals surface area contributed by atoms with Gasteiger partial charge in [0, 0.05) is 19.5 Å². The van der Waals surface area contributed by atoms with Gasteiger partial charge in [0.15, 0.2) is 0 Å². The smallest absolute Gasteiger partial charge is 0 e. The molecule has 0 nitrogen and oxygen atoms in total. The van der Waals surface area contributed by atoms with Gasteiger partial charge in [-0.2, -0.15) is 0 Å². The Kier molecular flexibility index (Phi) is 31.9. The Hall–Kier alpha value is 1.66. The summed E-state index contributed by atoms with van der Waals surface area (Å²) < 4.78 is 0. The van der Waals surface area contributed by atoms with E-state index < -0.39 is 22.4 Å². The minimum atomic E-state index is -0.508. The van der Waals surface area contributed by atoms with Crippen molar-refractivity contribution in [2.24, 2.45) is 0 Å². The van der Waals surface area contributed by atoms with Crippen LogP contribution in [0.5, 0.6) is 0 Å². The molecule has 11 heteroatoms. The van der Waals surface area contributed by atoms with Crippen LogP contribution in [0.4, 0.5) is 0 Å². The van der Waals surface area contributed by atoms with Crippen molar-refractivity contribution in [3.63, 3.8) is 0 Å². The second-order valence-electron chi connectivity index (χ2n) is 6.92. The molecule has 0 atom stereocenters. The Balaban J connectivity index is -0.000000638. The van der Waals surface area contributed by atoms with Crippen molar-refractivity contribution in [1.82, 2.24) is 0 Å². The summed E-state index contributed by atoms with van der Waals surface area (Å²) in [6.45, 7) is 16.2. The van der Waals surface area contributed by atoms with Gasteiger partial charge in [0.1, 0.15) is 0 Å². The molecular formula is C27H30Cl8PRu2-3. The van der Waals surface area contributed by atoms with E-state index >= 15 is 0 Å². The third kappa shape index (κ3) is 23.2. The van der Waals surface area contributed by atoms with Crippen LogP contribution in [0.2, 0.25) is 0 Å². The van der Waals surface area contributed by atoms with E-state index in [1.54, 1.807) is 0 Å². The number of halogens is 8. The van der Waals surface area contributed by atoms with Gasteiger partial charge in [0.25, 0.3) is 0 Å². The summed E-state index contributed by atoms with van der Waals surface area (Å²) in [4.78, 5) is -1.42. The monoisotopic (exact) mass is 869 g/mol. The zero-order chi connectivity index (χ0) is 29.0. The number of hydrogen-bond donors (Lipinski definition) is 0. The van der Waals surface area contributed by atoms with E-state index in [2.05, 4.69) is 114 Å². The maximum atomic E-state index is 4.93. The van der Waals surface area contributed by atoms with Crippen LogP contribution in [0.15, 0.2) is 72.8 Å². The number of aryl methyl sites for hydroxylation is 3. The van der Waals surface area contributed by atoms with E-state index in [1.807, 2.05) is 0 Å². The fourth-order valence-electron chi connectivity index (χ4n) is 2.83. The number of hydrogen-bond acceptors (Lipinski definition) is 0. The van der Waals surface area contributed by atoms with Crippen molar-refractivity contribution in [2.45, 2.75) is 35.3 Å². The maximum Gasteiger partial charge on any atom is 0 e. The molecule has 0 radical (unpaired) electrons. The van der Waals surface area contributed by atoms with E-state index in [9.17, 15) is 0 Å². The maximum absolute atomic E-state index is 4.93. The molecule has 0 N–H and O–H groups in total. The Labute approximate surface area is 289 Å². The molecule has 0 bridgehead atoms. The van der Waals surface area contributed by atoms with E-state index in [0.717, 1.165) is 0 Å². The minimum absolute atomic E-state index is 0. The average Bonchev–Trinajstić information content (AvgIpc) is 2.77. The molecule has 3 rings (SSSR count). The molecule has 218 valence electrons. The summed E-state index contributed by atoms with van der Waals surface area (Å²) in [6.07, 6.45) is 0. The van der Waals surface area contributed by atoms with Crippen LogP contribution >= 0.6 is 96.9 Å². The first-order valence-electron chi connectivity index (χ1n) is 10.5. The molecule has 0 unspecified atom stereocenters. The van der Waals surface area contributed by atoms with Crippen molar-refractivity contribution in [3.8, 4) is 0 Å². The van der Waals surface area contributed by atoms with E-state index in [-0.39, 0.29) is 34.6 Å². The van der Waals surface area contributed by atoms with Crippen LogP contribution in [-0.2, 0) is 34.6 Å². The van der Waals surface area contributed by atoms with Gasteiger partial charge in [-0.1, -0.05) is 72.8 Å². The van der Waals surface area contributed by atoms with Crippen molar-refractivity contribution in [1.29, 1.82) is 0 Å². The Morgan fingerprint density at radius 1 is 0.526 bits per heavy atom. The van der Waals surface area contributed by atoms with Gasteiger partial charge >= 0.3 is 34.5 Å². The molecule has 3 aromatic rings. The van der Waals surface area contributed by atoms with Gasteiger partial charge in [-0.25, -0.2) is 0 Å². The molecule has 0 aliphatic carbocycles. The molecule has 0 spiro atoms. The molecule has 38 heavy (non-hydrogen) atoms. The number of benzene rings is 3. The van der Waals surface area contributed by atoms with Gasteiger partial charge in [0.05, 0.1) is 0 Å². The molecule has 0 fully saturated rings. The molecular weight excluding hydrogens is 841 g/mol. The van der Waals surface area contributed by atoms with E-state index in [0.29, 0.717) is 0 Å². The summed E-state index contributed by atoms with van der Waals surface area (Å²) in [6, 6.07) is 26.4. The van der Waals surface area contributed by atoms with Crippen molar-refractivity contribution < 1.29 is 34.6 Å². The zero-order valence-corrected chi connectivity index (χ0v) is 31.4. The minimum Gasteiger partial charge on any atom is 0 e. The molecule has 0 aliphatic rings. The Morgan fingerprint density at radius 3 is 0.842 bits per heavy atom. The first-order valence-corrected chi connectivity index (χ1v) is 18.9. The van der Waals surface area contributed by atoms with Crippen LogP contribution in [0.25, 0.3) is 0 Å². The molecule has 0 amide bonds. The summed E-state index contributed by atoms with van der Waals surface area (Å²) in [5.74, 6) is 0. The van der Waals surface area contributed by atoms with Crippen LogP contribution in [0.3, 0.4) is 0 Å². The van der Waals surface area contributed by atoms with Gasteiger partial charge < -0.3 is 20.8 Å². The first kappa shape index (κ1) is 44.1. The van der Waals surface area contributed by atoms with Crippen molar-refractivity contribution >= 4 is 113 Å². The van der Waals surface area contributed by atoms with Crippen LogP contribution in [-0.4, -0.2) is 14.5 Å². The van der Waals surface area contributed by atoms with Gasteiger partial charge in [0.2, 0.25) is 0 Å². The number of alkyl halides is 6. The quantitative estimate of drug-likeness (QED) is 0.106. The summed E-state index contributed by atoms with van der Waals surface area (Å²) in [7, 11) is 9.20. The first-order chi connectivity index (χ1) is 17.3. The fourth-order valence-corrected chi connectivity index (χ4v) is 5.60. The van der Waals surface area contributed by atoms with Crippen molar-refractivity contribution in [2.75, 3.05) is 0 Å². The summed E-state index contributed by atoms with van der Waals surface area (Å²) in [5, 5.41) is 4.38. The van der Waals surface area contributed by atoms with Gasteiger partial charge in [-0.05, 0) is 75.8 Å². The molecule has 0 saturated heterocycles. The van der Waals surface area contributed by atoms with E-state index in [1.165, 1.54) is 32.6 Å².